The van der Waals surface area contributed by atoms with Crippen LogP contribution in [0.3, 0.4) is 0 Å². The van der Waals surface area contributed by atoms with Crippen LogP contribution in [0.5, 0.6) is 11.8 Å². The number of anilines is 1. The third-order valence-corrected chi connectivity index (χ3v) is 10.7. The summed E-state index contributed by atoms with van der Waals surface area (Å²) in [7, 11) is -0.671. The van der Waals surface area contributed by atoms with E-state index in [1.807, 2.05) is 11.0 Å². The van der Waals surface area contributed by atoms with Gasteiger partial charge in [-0.15, -0.1) is 0 Å². The molecule has 2 aromatic carbocycles. The molecular weight excluding hydrogens is 573 g/mol. The largest absolute Gasteiger partial charge is 0.497 e. The number of aryl methyl sites for hydroxylation is 2. The van der Waals surface area contributed by atoms with Crippen molar-refractivity contribution in [2.45, 2.75) is 44.6 Å². The number of likely N-dealkylation sites (N-methyl/N-ethyl adjacent to an activating group) is 1. The van der Waals surface area contributed by atoms with Crippen LogP contribution >= 0.6 is 0 Å². The Morgan fingerprint density at radius 2 is 1.67 bits per heavy atom. The highest BCUT2D eigenvalue weighted by molar-refractivity contribution is 7.89. The third-order valence-electron chi connectivity index (χ3n) is 8.53. The minimum atomic E-state index is -3.74. The van der Waals surface area contributed by atoms with Crippen molar-refractivity contribution in [3.63, 3.8) is 0 Å². The molecular formula is C31H38FN5O5S. The molecule has 3 aromatic rings. The number of sulfonamides is 1. The topological polar surface area (TPSA) is 105 Å². The van der Waals surface area contributed by atoms with E-state index >= 15 is 0 Å². The number of aromatic nitrogens is 2. The van der Waals surface area contributed by atoms with Crippen molar-refractivity contribution in [1.82, 2.24) is 19.2 Å². The van der Waals surface area contributed by atoms with Crippen molar-refractivity contribution in [2.75, 3.05) is 51.8 Å². The van der Waals surface area contributed by atoms with Crippen LogP contribution in [0.25, 0.3) is 0 Å². The van der Waals surface area contributed by atoms with Gasteiger partial charge in [-0.2, -0.15) is 9.29 Å². The predicted octanol–water partition coefficient (Wildman–Crippen LogP) is 3.96. The lowest BCUT2D eigenvalue weighted by atomic mass is 9.77. The van der Waals surface area contributed by atoms with E-state index in [9.17, 15) is 17.6 Å². The molecule has 43 heavy (non-hydrogen) atoms. The lowest BCUT2D eigenvalue weighted by Gasteiger charge is -2.38. The van der Waals surface area contributed by atoms with Crippen LogP contribution in [-0.4, -0.2) is 80.4 Å². The molecule has 0 aliphatic carbocycles. The SMILES string of the molecule is COc1cc(C)c(S(=O)(=O)N(C)CCOc2nccc(N3CCC4(CCN(Cc5ccc(F)cc5)C4=O)CC3)n2)c(C)c1. The highest BCUT2D eigenvalue weighted by atomic mass is 32.2. The number of hydrogen-bond acceptors (Lipinski definition) is 8. The lowest BCUT2D eigenvalue weighted by molar-refractivity contribution is -0.137. The van der Waals surface area contributed by atoms with Crippen molar-refractivity contribution >= 4 is 21.7 Å². The number of amides is 1. The van der Waals surface area contributed by atoms with Gasteiger partial charge in [0, 0.05) is 46.0 Å². The standard InChI is InChI=1S/C31H38FN5O5S/c1-22-19-26(41-4)20-23(2)28(22)43(39,40)35(3)17-18-42-30-33-13-9-27(34-30)36-14-10-31(11-15-36)12-16-37(29(31)38)21-24-5-7-25(32)8-6-24/h5-9,13,19-20H,10-12,14-18,21H2,1-4H3. The predicted molar refractivity (Wildman–Crippen MR) is 160 cm³/mol. The average molecular weight is 612 g/mol. The van der Waals surface area contributed by atoms with Gasteiger partial charge in [0.25, 0.3) is 0 Å². The van der Waals surface area contributed by atoms with E-state index in [1.165, 1.54) is 23.5 Å². The Labute approximate surface area is 252 Å². The first kappa shape index (κ1) is 30.7. The monoisotopic (exact) mass is 611 g/mol. The fraction of sp³-hybridized carbons (Fsp3) is 0.452. The zero-order chi connectivity index (χ0) is 30.8. The Kier molecular flexibility index (Phi) is 8.89. The molecule has 2 aliphatic heterocycles. The highest BCUT2D eigenvalue weighted by Gasteiger charge is 2.48. The van der Waals surface area contributed by atoms with Crippen LogP contribution in [0.1, 0.15) is 36.0 Å². The van der Waals surface area contributed by atoms with E-state index in [1.54, 1.807) is 51.4 Å². The maximum Gasteiger partial charge on any atom is 0.318 e. The smallest absolute Gasteiger partial charge is 0.318 e. The summed E-state index contributed by atoms with van der Waals surface area (Å²) in [5.74, 6) is 1.20. The van der Waals surface area contributed by atoms with Gasteiger partial charge in [-0.3, -0.25) is 4.79 Å². The number of carbonyl (C=O) groups excluding carboxylic acids is 1. The average Bonchev–Trinajstić information content (AvgIpc) is 3.27. The quantitative estimate of drug-likeness (QED) is 0.339. The van der Waals surface area contributed by atoms with Crippen LogP contribution in [0.15, 0.2) is 53.6 Å². The van der Waals surface area contributed by atoms with E-state index in [2.05, 4.69) is 14.9 Å². The van der Waals surface area contributed by atoms with Crippen LogP contribution in [0.2, 0.25) is 0 Å². The fourth-order valence-electron chi connectivity index (χ4n) is 6.04. The summed E-state index contributed by atoms with van der Waals surface area (Å²) >= 11 is 0. The Morgan fingerprint density at radius 3 is 2.33 bits per heavy atom. The number of carbonyl (C=O) groups is 1. The first-order chi connectivity index (χ1) is 20.5. The van der Waals surface area contributed by atoms with Gasteiger partial charge in [-0.1, -0.05) is 12.1 Å². The normalized spacial score (nSPS) is 16.7. The number of likely N-dealkylation sites (tertiary alicyclic amines) is 1. The molecule has 12 heteroatoms. The fourth-order valence-corrected chi connectivity index (χ4v) is 7.59. The second-order valence-electron chi connectivity index (χ2n) is 11.3. The molecule has 1 aromatic heterocycles. The van der Waals surface area contributed by atoms with Crippen molar-refractivity contribution < 1.29 is 27.1 Å². The molecule has 5 rings (SSSR count). The minimum absolute atomic E-state index is 0.0783. The first-order valence-electron chi connectivity index (χ1n) is 14.4. The number of halogens is 1. The second kappa shape index (κ2) is 12.5. The molecule has 1 spiro atoms. The van der Waals surface area contributed by atoms with Crippen LogP contribution in [-0.2, 0) is 21.4 Å². The van der Waals surface area contributed by atoms with Gasteiger partial charge in [-0.25, -0.2) is 17.8 Å². The van der Waals surface area contributed by atoms with Gasteiger partial charge in [0.15, 0.2) is 0 Å². The van der Waals surface area contributed by atoms with E-state index in [0.29, 0.717) is 48.9 Å². The summed E-state index contributed by atoms with van der Waals surface area (Å²) < 4.78 is 52.1. The zero-order valence-corrected chi connectivity index (χ0v) is 25.9. The summed E-state index contributed by atoms with van der Waals surface area (Å²) in [6.45, 7) is 6.24. The third kappa shape index (κ3) is 6.45. The van der Waals surface area contributed by atoms with Crippen molar-refractivity contribution in [3.8, 4) is 11.8 Å². The first-order valence-corrected chi connectivity index (χ1v) is 15.8. The molecule has 230 valence electrons. The molecule has 2 saturated heterocycles. The zero-order valence-electron chi connectivity index (χ0n) is 25.0. The number of methoxy groups -OCH3 is 1. The van der Waals surface area contributed by atoms with Gasteiger partial charge in [-0.05, 0) is 80.1 Å². The van der Waals surface area contributed by atoms with Crippen LogP contribution in [0, 0.1) is 25.1 Å². The molecule has 0 saturated carbocycles. The number of piperidine rings is 1. The van der Waals surface area contributed by atoms with Gasteiger partial charge in [0.1, 0.15) is 24.0 Å². The summed E-state index contributed by atoms with van der Waals surface area (Å²) in [5, 5.41) is 0. The molecule has 0 atom stereocenters. The number of ether oxygens (including phenoxy) is 2. The van der Waals surface area contributed by atoms with Crippen LogP contribution < -0.4 is 14.4 Å². The molecule has 1 amide bonds. The van der Waals surface area contributed by atoms with E-state index in [4.69, 9.17) is 9.47 Å². The van der Waals surface area contributed by atoms with Gasteiger partial charge in [0.2, 0.25) is 15.9 Å². The summed E-state index contributed by atoms with van der Waals surface area (Å²) in [5.41, 5.74) is 1.78. The van der Waals surface area contributed by atoms with Crippen molar-refractivity contribution in [3.05, 3.63) is 71.2 Å². The number of rotatable bonds is 10. The molecule has 2 aliphatic rings. The number of hydrogen-bond donors (Lipinski definition) is 0. The number of nitrogens with zero attached hydrogens (tertiary/aromatic N) is 5. The van der Waals surface area contributed by atoms with Gasteiger partial charge < -0.3 is 19.3 Å². The summed E-state index contributed by atoms with van der Waals surface area (Å²) in [4.78, 5) is 26.4. The minimum Gasteiger partial charge on any atom is -0.497 e. The Bertz CT molecular complexity index is 1550. The molecule has 0 N–H and O–H groups in total. The van der Waals surface area contributed by atoms with E-state index in [-0.39, 0.29) is 41.2 Å². The van der Waals surface area contributed by atoms with Gasteiger partial charge >= 0.3 is 6.01 Å². The molecule has 0 unspecified atom stereocenters. The highest BCUT2D eigenvalue weighted by Crippen LogP contribution is 2.42. The van der Waals surface area contributed by atoms with Gasteiger partial charge in [0.05, 0.1) is 17.4 Å². The summed E-state index contributed by atoms with van der Waals surface area (Å²) in [6, 6.07) is 11.7. The molecule has 0 bridgehead atoms. The van der Waals surface area contributed by atoms with Crippen LogP contribution in [0.4, 0.5) is 10.2 Å². The Hall–Kier alpha value is -3.77. The van der Waals surface area contributed by atoms with Crippen molar-refractivity contribution in [2.24, 2.45) is 5.41 Å². The summed E-state index contributed by atoms with van der Waals surface area (Å²) in [6.07, 6.45) is 3.88. The Morgan fingerprint density at radius 1 is 1.02 bits per heavy atom. The maximum absolute atomic E-state index is 13.4. The molecule has 0 radical (unpaired) electrons. The van der Waals surface area contributed by atoms with Crippen molar-refractivity contribution in [1.29, 1.82) is 0 Å². The second-order valence-corrected chi connectivity index (χ2v) is 13.3. The Balaban J connectivity index is 1.15. The molecule has 2 fully saturated rings. The molecule has 10 nitrogen and oxygen atoms in total. The van der Waals surface area contributed by atoms with E-state index in [0.717, 1.165) is 24.8 Å². The number of benzene rings is 2. The molecule has 3 heterocycles. The lowest BCUT2D eigenvalue weighted by Crippen LogP contribution is -2.44. The van der Waals surface area contributed by atoms with E-state index < -0.39 is 10.0 Å². The maximum atomic E-state index is 13.4.